The first-order chi connectivity index (χ1) is 15.5. The molecular formula is C19H13F6N3O4S. The van der Waals surface area contributed by atoms with Gasteiger partial charge in [-0.1, -0.05) is 23.5 Å². The lowest BCUT2D eigenvalue weighted by Gasteiger charge is -2.14. The van der Waals surface area contributed by atoms with Crippen molar-refractivity contribution in [2.75, 3.05) is 11.9 Å². The van der Waals surface area contributed by atoms with E-state index in [-0.39, 0.29) is 29.1 Å². The predicted molar refractivity (Wildman–Crippen MR) is 104 cm³/mol. The predicted octanol–water partition coefficient (Wildman–Crippen LogP) is 6.17. The quantitative estimate of drug-likeness (QED) is 0.311. The molecule has 1 N–H and O–H groups in total. The lowest BCUT2D eigenvalue weighted by Crippen LogP contribution is -2.17. The fourth-order valence-electron chi connectivity index (χ4n) is 2.43. The van der Waals surface area contributed by atoms with Crippen molar-refractivity contribution in [1.29, 1.82) is 0 Å². The molecule has 0 unspecified atom stereocenters. The second-order valence-electron chi connectivity index (χ2n) is 5.99. The Morgan fingerprint density at radius 1 is 1.06 bits per heavy atom. The van der Waals surface area contributed by atoms with E-state index in [1.807, 2.05) is 0 Å². The van der Waals surface area contributed by atoms with E-state index in [4.69, 9.17) is 4.74 Å². The molecule has 1 aromatic carbocycles. The van der Waals surface area contributed by atoms with E-state index in [0.717, 1.165) is 6.07 Å². The Labute approximate surface area is 185 Å². The molecule has 0 amide bonds. The van der Waals surface area contributed by atoms with Gasteiger partial charge in [0.15, 0.2) is 22.3 Å². The molecule has 0 fully saturated rings. The third-order valence-corrected chi connectivity index (χ3v) is 4.60. The van der Waals surface area contributed by atoms with Crippen LogP contribution in [0.3, 0.4) is 0 Å². The van der Waals surface area contributed by atoms with Gasteiger partial charge in [0.05, 0.1) is 6.61 Å². The SMILES string of the molecule is CCOC(=O)c1sc(Nc2cccnc2Oc2ccccc2OC(F)(F)F)nc1C(F)(F)F. The Kier molecular flexibility index (Phi) is 6.95. The second-order valence-corrected chi connectivity index (χ2v) is 6.99. The van der Waals surface area contributed by atoms with Crippen LogP contribution in [0.2, 0.25) is 0 Å². The normalized spacial score (nSPS) is 11.7. The van der Waals surface area contributed by atoms with Crippen LogP contribution in [0, 0.1) is 0 Å². The minimum atomic E-state index is -4.98. The molecule has 3 rings (SSSR count). The smallest absolute Gasteiger partial charge is 0.462 e. The summed E-state index contributed by atoms with van der Waals surface area (Å²) in [6.45, 7) is 1.29. The molecule has 2 heterocycles. The Balaban J connectivity index is 1.92. The van der Waals surface area contributed by atoms with Crippen LogP contribution in [0.4, 0.5) is 37.2 Å². The topological polar surface area (TPSA) is 82.6 Å². The van der Waals surface area contributed by atoms with E-state index in [1.54, 1.807) is 0 Å². The van der Waals surface area contributed by atoms with Gasteiger partial charge in [0, 0.05) is 6.20 Å². The van der Waals surface area contributed by atoms with Crippen LogP contribution in [0.1, 0.15) is 22.3 Å². The monoisotopic (exact) mass is 493 g/mol. The highest BCUT2D eigenvalue weighted by Gasteiger charge is 2.40. The lowest BCUT2D eigenvalue weighted by molar-refractivity contribution is -0.275. The van der Waals surface area contributed by atoms with Crippen LogP contribution in [0.25, 0.3) is 0 Å². The van der Waals surface area contributed by atoms with E-state index in [9.17, 15) is 31.1 Å². The second kappa shape index (κ2) is 9.52. The Bertz CT molecular complexity index is 1130. The average Bonchev–Trinajstić information content (AvgIpc) is 3.15. The Hall–Kier alpha value is -3.55. The van der Waals surface area contributed by atoms with Gasteiger partial charge in [-0.15, -0.1) is 13.2 Å². The number of aromatic nitrogens is 2. The minimum absolute atomic E-state index is 0.0304. The standard InChI is InChI=1S/C19H13F6N3O4S/c1-2-30-16(29)13-14(18(20,21)22)28-17(33-13)27-10-6-5-9-26-15(10)31-11-7-3-4-8-12(11)32-19(23,24)25/h3-9H,2H2,1H3,(H,27,28). The number of thiazole rings is 1. The van der Waals surface area contributed by atoms with Gasteiger partial charge in [0.25, 0.3) is 0 Å². The summed E-state index contributed by atoms with van der Waals surface area (Å²) in [6.07, 6.45) is -8.66. The van der Waals surface area contributed by atoms with Crippen molar-refractivity contribution in [2.24, 2.45) is 0 Å². The molecule has 0 spiro atoms. The highest BCUT2D eigenvalue weighted by atomic mass is 32.1. The number of nitrogens with one attached hydrogen (secondary N) is 1. The first-order valence-electron chi connectivity index (χ1n) is 8.97. The number of pyridine rings is 1. The van der Waals surface area contributed by atoms with Crippen molar-refractivity contribution < 1.29 is 45.3 Å². The number of halogens is 6. The maximum Gasteiger partial charge on any atom is 0.573 e. The molecule has 0 aliphatic rings. The van der Waals surface area contributed by atoms with E-state index in [1.165, 1.54) is 43.5 Å². The van der Waals surface area contributed by atoms with Crippen molar-refractivity contribution in [3.8, 4) is 17.4 Å². The van der Waals surface area contributed by atoms with Crippen LogP contribution in [0.15, 0.2) is 42.6 Å². The first kappa shape index (κ1) is 24.1. The number of para-hydroxylation sites is 2. The van der Waals surface area contributed by atoms with Crippen LogP contribution in [0.5, 0.6) is 17.4 Å². The zero-order valence-corrected chi connectivity index (χ0v) is 17.3. The van der Waals surface area contributed by atoms with E-state index >= 15 is 0 Å². The number of nitrogens with zero attached hydrogens (tertiary/aromatic N) is 2. The van der Waals surface area contributed by atoms with E-state index in [0.29, 0.717) is 11.3 Å². The molecule has 0 radical (unpaired) electrons. The van der Waals surface area contributed by atoms with Crippen molar-refractivity contribution in [3.05, 3.63) is 53.2 Å². The molecule has 0 saturated heterocycles. The van der Waals surface area contributed by atoms with E-state index < -0.39 is 34.8 Å². The number of hydrogen-bond donors (Lipinski definition) is 1. The Morgan fingerprint density at radius 3 is 2.39 bits per heavy atom. The van der Waals surface area contributed by atoms with Crippen LogP contribution in [-0.4, -0.2) is 28.9 Å². The fraction of sp³-hybridized carbons (Fsp3) is 0.211. The molecule has 14 heteroatoms. The van der Waals surface area contributed by atoms with E-state index in [2.05, 4.69) is 24.8 Å². The van der Waals surface area contributed by atoms with Crippen molar-refractivity contribution in [1.82, 2.24) is 9.97 Å². The number of esters is 1. The maximum absolute atomic E-state index is 13.3. The third-order valence-electron chi connectivity index (χ3n) is 3.65. The molecule has 0 atom stereocenters. The van der Waals surface area contributed by atoms with Gasteiger partial charge in [-0.25, -0.2) is 14.8 Å². The maximum atomic E-state index is 13.3. The van der Waals surface area contributed by atoms with Crippen molar-refractivity contribution in [3.63, 3.8) is 0 Å². The van der Waals surface area contributed by atoms with Crippen molar-refractivity contribution >= 4 is 28.1 Å². The molecule has 0 bridgehead atoms. The number of carbonyl (C=O) groups excluding carboxylic acids is 1. The van der Waals surface area contributed by atoms with Gasteiger partial charge in [0.2, 0.25) is 5.88 Å². The number of rotatable bonds is 7. The summed E-state index contributed by atoms with van der Waals surface area (Å²) in [5, 5.41) is 2.20. The summed E-state index contributed by atoms with van der Waals surface area (Å²) < 4.78 is 91.8. The number of anilines is 2. The molecule has 2 aromatic heterocycles. The van der Waals surface area contributed by atoms with Gasteiger partial charge < -0.3 is 19.5 Å². The molecule has 0 aliphatic carbocycles. The minimum Gasteiger partial charge on any atom is -0.462 e. The highest BCUT2D eigenvalue weighted by Crippen LogP contribution is 2.40. The molecular weight excluding hydrogens is 480 g/mol. The Morgan fingerprint density at radius 2 is 1.76 bits per heavy atom. The number of hydrogen-bond acceptors (Lipinski definition) is 8. The first-order valence-corrected chi connectivity index (χ1v) is 9.79. The summed E-state index contributed by atoms with van der Waals surface area (Å²) in [6, 6.07) is 7.61. The van der Waals surface area contributed by atoms with Crippen LogP contribution < -0.4 is 14.8 Å². The molecule has 3 aromatic rings. The summed E-state index contributed by atoms with van der Waals surface area (Å²) in [7, 11) is 0. The van der Waals surface area contributed by atoms with Crippen LogP contribution >= 0.6 is 11.3 Å². The summed E-state index contributed by atoms with van der Waals surface area (Å²) in [4.78, 5) is 18.5. The molecule has 176 valence electrons. The van der Waals surface area contributed by atoms with Gasteiger partial charge in [-0.3, -0.25) is 0 Å². The zero-order valence-electron chi connectivity index (χ0n) is 16.5. The summed E-state index contributed by atoms with van der Waals surface area (Å²) >= 11 is 0.382. The average molecular weight is 493 g/mol. The van der Waals surface area contributed by atoms with Crippen LogP contribution in [-0.2, 0) is 10.9 Å². The highest BCUT2D eigenvalue weighted by molar-refractivity contribution is 7.17. The van der Waals surface area contributed by atoms with Gasteiger partial charge in [-0.2, -0.15) is 13.2 Å². The van der Waals surface area contributed by atoms with Gasteiger partial charge in [0.1, 0.15) is 10.6 Å². The lowest BCUT2D eigenvalue weighted by atomic mass is 10.3. The third kappa shape index (κ3) is 6.25. The van der Waals surface area contributed by atoms with Crippen molar-refractivity contribution in [2.45, 2.75) is 19.5 Å². The molecule has 33 heavy (non-hydrogen) atoms. The molecule has 0 aliphatic heterocycles. The largest absolute Gasteiger partial charge is 0.573 e. The number of alkyl halides is 6. The fourth-order valence-corrected chi connectivity index (χ4v) is 3.32. The number of ether oxygens (including phenoxy) is 3. The zero-order chi connectivity index (χ0) is 24.2. The number of benzene rings is 1. The molecule has 0 saturated carbocycles. The summed E-state index contributed by atoms with van der Waals surface area (Å²) in [5.74, 6) is -2.48. The molecule has 7 nitrogen and oxygen atoms in total. The van der Waals surface area contributed by atoms with Gasteiger partial charge >= 0.3 is 18.5 Å². The number of carbonyl (C=O) groups is 1. The summed E-state index contributed by atoms with van der Waals surface area (Å²) in [5.41, 5.74) is -1.47. The van der Waals surface area contributed by atoms with Gasteiger partial charge in [-0.05, 0) is 31.2 Å².